The molecule has 138 valence electrons. The number of carboxylic acid groups (broad SMARTS) is 1. The van der Waals surface area contributed by atoms with Crippen molar-refractivity contribution >= 4 is 46.1 Å². The lowest BCUT2D eigenvalue weighted by atomic mass is 10.1. The number of hydrogen-bond acceptors (Lipinski definition) is 6. The molecule has 2 rings (SSSR count). The van der Waals surface area contributed by atoms with E-state index >= 15 is 0 Å². The Balaban J connectivity index is 2.09. The highest BCUT2D eigenvalue weighted by atomic mass is 32.2. The van der Waals surface area contributed by atoms with Crippen molar-refractivity contribution in [2.24, 2.45) is 16.1 Å². The third kappa shape index (κ3) is 5.41. The summed E-state index contributed by atoms with van der Waals surface area (Å²) in [4.78, 5) is 34.2. The molecular weight excluding hydrogens is 356 g/mol. The number of carboxylic acids is 1. The summed E-state index contributed by atoms with van der Waals surface area (Å²) in [5, 5.41) is 21.7. The van der Waals surface area contributed by atoms with Crippen LogP contribution in [0.15, 0.2) is 34.5 Å². The van der Waals surface area contributed by atoms with Crippen molar-refractivity contribution in [1.29, 1.82) is 0 Å². The van der Waals surface area contributed by atoms with Crippen molar-refractivity contribution < 1.29 is 19.5 Å². The Bertz CT molecular complexity index is 789. The van der Waals surface area contributed by atoms with Gasteiger partial charge in [-0.2, -0.15) is 5.10 Å². The Morgan fingerprint density at radius 3 is 2.77 bits per heavy atom. The second-order valence-corrected chi connectivity index (χ2v) is 7.20. The molecule has 8 nitrogen and oxygen atoms in total. The molecule has 0 aromatic heterocycles. The van der Waals surface area contributed by atoms with Crippen molar-refractivity contribution in [2.45, 2.75) is 32.4 Å². The predicted octanol–water partition coefficient (Wildman–Crippen LogP) is 2.07. The van der Waals surface area contributed by atoms with Gasteiger partial charge in [0, 0.05) is 11.6 Å². The molecule has 0 aliphatic carbocycles. The molecule has 1 unspecified atom stereocenters. The maximum absolute atomic E-state index is 11.8. The van der Waals surface area contributed by atoms with E-state index in [1.165, 1.54) is 0 Å². The maximum Gasteiger partial charge on any atom is 0.305 e. The van der Waals surface area contributed by atoms with Crippen molar-refractivity contribution in [3.8, 4) is 0 Å². The van der Waals surface area contributed by atoms with Gasteiger partial charge in [0.2, 0.25) is 11.8 Å². The van der Waals surface area contributed by atoms with Crippen LogP contribution in [-0.2, 0) is 14.4 Å². The number of rotatable bonds is 6. The molecule has 1 atom stereocenters. The molecule has 1 aliphatic heterocycles. The van der Waals surface area contributed by atoms with E-state index in [9.17, 15) is 14.4 Å². The van der Waals surface area contributed by atoms with Gasteiger partial charge in [0.25, 0.3) is 0 Å². The van der Waals surface area contributed by atoms with E-state index in [0.29, 0.717) is 11.4 Å². The lowest BCUT2D eigenvalue weighted by Gasteiger charge is -2.09. The van der Waals surface area contributed by atoms with Crippen molar-refractivity contribution in [2.75, 3.05) is 5.32 Å². The number of nitrogens with zero attached hydrogens (tertiary/aromatic N) is 2. The van der Waals surface area contributed by atoms with Crippen LogP contribution in [-0.4, -0.2) is 39.0 Å². The fourth-order valence-electron chi connectivity index (χ4n) is 2.03. The zero-order valence-corrected chi connectivity index (χ0v) is 15.5. The number of carbonyl (C=O) groups is 3. The highest BCUT2D eigenvalue weighted by Gasteiger charge is 2.32. The lowest BCUT2D eigenvalue weighted by molar-refractivity contribution is -0.138. The Morgan fingerprint density at radius 1 is 1.38 bits per heavy atom. The normalized spacial score (nSPS) is 18.9. The fraction of sp³-hybridized carbons (Fsp3) is 0.353. The summed E-state index contributed by atoms with van der Waals surface area (Å²) in [5.41, 5.74) is 2.02. The van der Waals surface area contributed by atoms with Gasteiger partial charge in [0.1, 0.15) is 5.25 Å². The number of anilines is 1. The SMILES string of the molecule is CC(=N/N=C1/NC(=O)C(CC(=O)O)S1)c1cccc(NC(=O)C(C)C)c1. The maximum atomic E-state index is 11.8. The van der Waals surface area contributed by atoms with Crippen LogP contribution >= 0.6 is 11.8 Å². The molecule has 1 aliphatic rings. The second-order valence-electron chi connectivity index (χ2n) is 6.01. The first-order valence-electron chi connectivity index (χ1n) is 7.99. The third-order valence-electron chi connectivity index (χ3n) is 3.50. The summed E-state index contributed by atoms with van der Waals surface area (Å²) in [7, 11) is 0. The van der Waals surface area contributed by atoms with Crippen molar-refractivity contribution in [3.05, 3.63) is 29.8 Å². The molecule has 26 heavy (non-hydrogen) atoms. The molecule has 9 heteroatoms. The van der Waals surface area contributed by atoms with Crippen LogP contribution in [0.1, 0.15) is 32.8 Å². The quantitative estimate of drug-likeness (QED) is 0.518. The average molecular weight is 376 g/mol. The highest BCUT2D eigenvalue weighted by molar-refractivity contribution is 8.15. The summed E-state index contributed by atoms with van der Waals surface area (Å²) < 4.78 is 0. The zero-order chi connectivity index (χ0) is 19.3. The smallest absolute Gasteiger partial charge is 0.305 e. The zero-order valence-electron chi connectivity index (χ0n) is 14.6. The van der Waals surface area contributed by atoms with Crippen molar-refractivity contribution in [1.82, 2.24) is 5.32 Å². The molecule has 0 radical (unpaired) electrons. The number of nitrogens with one attached hydrogen (secondary N) is 2. The number of benzene rings is 1. The first kappa shape index (κ1) is 19.6. The lowest BCUT2D eigenvalue weighted by Crippen LogP contribution is -2.26. The number of hydrogen-bond donors (Lipinski definition) is 3. The van der Waals surface area contributed by atoms with E-state index in [1.807, 2.05) is 19.9 Å². The second kappa shape index (κ2) is 8.61. The summed E-state index contributed by atoms with van der Waals surface area (Å²) in [6.45, 7) is 5.38. The molecule has 1 saturated heterocycles. The molecule has 1 fully saturated rings. The van der Waals surface area contributed by atoms with Gasteiger partial charge in [-0.15, -0.1) is 5.10 Å². The Morgan fingerprint density at radius 2 is 2.12 bits per heavy atom. The Kier molecular flexibility index (Phi) is 6.51. The van der Waals surface area contributed by atoms with E-state index in [-0.39, 0.29) is 29.3 Å². The molecule has 1 heterocycles. The molecule has 0 saturated carbocycles. The van der Waals surface area contributed by atoms with Gasteiger partial charge in [0.05, 0.1) is 12.1 Å². The minimum Gasteiger partial charge on any atom is -0.481 e. The van der Waals surface area contributed by atoms with Gasteiger partial charge in [-0.05, 0) is 24.6 Å². The topological polar surface area (TPSA) is 120 Å². The molecule has 1 aromatic carbocycles. The van der Waals surface area contributed by atoms with Gasteiger partial charge in [-0.1, -0.05) is 37.7 Å². The minimum absolute atomic E-state index is 0.0773. The molecule has 3 N–H and O–H groups in total. The van der Waals surface area contributed by atoms with E-state index in [4.69, 9.17) is 5.11 Å². The summed E-state index contributed by atoms with van der Waals surface area (Å²) in [5.74, 6) is -1.63. The summed E-state index contributed by atoms with van der Waals surface area (Å²) in [6.07, 6.45) is -0.268. The van der Waals surface area contributed by atoms with E-state index in [0.717, 1.165) is 17.3 Å². The summed E-state index contributed by atoms with van der Waals surface area (Å²) in [6, 6.07) is 7.20. The largest absolute Gasteiger partial charge is 0.481 e. The first-order chi connectivity index (χ1) is 12.3. The van der Waals surface area contributed by atoms with Crippen LogP contribution < -0.4 is 10.6 Å². The van der Waals surface area contributed by atoms with Crippen molar-refractivity contribution in [3.63, 3.8) is 0 Å². The van der Waals surface area contributed by atoms with E-state index < -0.39 is 11.2 Å². The van der Waals surface area contributed by atoms with Gasteiger partial charge in [-0.3, -0.25) is 14.4 Å². The van der Waals surface area contributed by atoms with Gasteiger partial charge in [0.15, 0.2) is 5.17 Å². The highest BCUT2D eigenvalue weighted by Crippen LogP contribution is 2.22. The van der Waals surface area contributed by atoms with Crippen LogP contribution in [0, 0.1) is 5.92 Å². The third-order valence-corrected chi connectivity index (χ3v) is 4.57. The average Bonchev–Trinajstić information content (AvgIpc) is 2.92. The van der Waals surface area contributed by atoms with Gasteiger partial charge in [-0.25, -0.2) is 0 Å². The van der Waals surface area contributed by atoms with Crippen LogP contribution in [0.2, 0.25) is 0 Å². The molecule has 0 spiro atoms. The Hall–Kier alpha value is -2.68. The molecule has 0 bridgehead atoms. The number of aliphatic carboxylic acids is 1. The molecule has 2 amide bonds. The standard InChI is InChI=1S/C17H20N4O4S/c1-9(2)15(24)18-12-6-4-5-11(7-12)10(3)20-21-17-19-16(25)13(26-17)8-14(22)23/h4-7,9,13H,8H2,1-3H3,(H,18,24)(H,22,23)(H,19,21,25). The minimum atomic E-state index is -1.04. The van der Waals surface area contributed by atoms with Crippen LogP contribution in [0.3, 0.4) is 0 Å². The van der Waals surface area contributed by atoms with E-state index in [2.05, 4.69) is 20.8 Å². The van der Waals surface area contributed by atoms with Crippen LogP contribution in [0.4, 0.5) is 5.69 Å². The number of thioether (sulfide) groups is 1. The number of amidine groups is 1. The predicted molar refractivity (Wildman–Crippen MR) is 101 cm³/mol. The number of carbonyl (C=O) groups excluding carboxylic acids is 2. The van der Waals surface area contributed by atoms with E-state index in [1.54, 1.807) is 25.1 Å². The van der Waals surface area contributed by atoms with Gasteiger partial charge < -0.3 is 15.7 Å². The number of amides is 2. The first-order valence-corrected chi connectivity index (χ1v) is 8.87. The van der Waals surface area contributed by atoms with Crippen LogP contribution in [0.5, 0.6) is 0 Å². The molecular formula is C17H20N4O4S. The van der Waals surface area contributed by atoms with Crippen LogP contribution in [0.25, 0.3) is 0 Å². The summed E-state index contributed by atoms with van der Waals surface area (Å²) >= 11 is 1.04. The monoisotopic (exact) mass is 376 g/mol. The fourth-order valence-corrected chi connectivity index (χ4v) is 2.94. The Labute approximate surface area is 155 Å². The molecule has 1 aromatic rings. The van der Waals surface area contributed by atoms with Gasteiger partial charge >= 0.3 is 5.97 Å².